The van der Waals surface area contributed by atoms with Crippen LogP contribution in [0.1, 0.15) is 59.9 Å². The molecule has 4 rings (SSSR count). The van der Waals surface area contributed by atoms with Crippen molar-refractivity contribution in [2.45, 2.75) is 50.6 Å². The molecule has 2 aromatic carbocycles. The van der Waals surface area contributed by atoms with E-state index in [1.807, 2.05) is 0 Å². The van der Waals surface area contributed by atoms with Crippen LogP contribution in [0.5, 0.6) is 0 Å². The first-order valence-electron chi connectivity index (χ1n) is 8.31. The van der Waals surface area contributed by atoms with Crippen molar-refractivity contribution in [2.24, 2.45) is 0 Å². The summed E-state index contributed by atoms with van der Waals surface area (Å²) in [7, 11) is 0. The van der Waals surface area contributed by atoms with Crippen molar-refractivity contribution in [2.75, 3.05) is 0 Å². The van der Waals surface area contributed by atoms with E-state index in [-0.39, 0.29) is 0 Å². The van der Waals surface area contributed by atoms with Crippen LogP contribution in [0.2, 0.25) is 0 Å². The lowest BCUT2D eigenvalue weighted by atomic mass is 9.87. The molecule has 0 heterocycles. The van der Waals surface area contributed by atoms with Crippen molar-refractivity contribution in [3.05, 3.63) is 70.8 Å². The summed E-state index contributed by atoms with van der Waals surface area (Å²) in [6.45, 7) is 1.01. The molecule has 21 heavy (non-hydrogen) atoms. The SMILES string of the molecule is c1ccc(C2CC2)c(CNC2CCCc3ccccc32)c1. The molecule has 2 aliphatic rings. The van der Waals surface area contributed by atoms with Crippen molar-refractivity contribution < 1.29 is 0 Å². The summed E-state index contributed by atoms with van der Waals surface area (Å²) in [5, 5.41) is 3.82. The van der Waals surface area contributed by atoms with Gasteiger partial charge in [-0.3, -0.25) is 0 Å². The van der Waals surface area contributed by atoms with Crippen molar-refractivity contribution in [1.82, 2.24) is 5.32 Å². The predicted molar refractivity (Wildman–Crippen MR) is 87.4 cm³/mol. The molecule has 0 aromatic heterocycles. The second kappa shape index (κ2) is 5.65. The first-order chi connectivity index (χ1) is 10.4. The smallest absolute Gasteiger partial charge is 0.0326 e. The molecule has 1 atom stereocenters. The minimum atomic E-state index is 0.530. The van der Waals surface area contributed by atoms with Gasteiger partial charge < -0.3 is 5.32 Å². The molecule has 0 aliphatic heterocycles. The molecule has 0 saturated heterocycles. The van der Waals surface area contributed by atoms with Crippen LogP contribution in [-0.2, 0) is 13.0 Å². The van der Waals surface area contributed by atoms with Gasteiger partial charge in [0.1, 0.15) is 0 Å². The number of rotatable bonds is 4. The standard InChI is InChI=1S/C20H23N/c1-4-10-19-15(6-1)8-5-11-20(19)21-14-17-7-2-3-9-18(17)16-12-13-16/h1-4,6-7,9-10,16,20-21H,5,8,11-14H2. The Balaban J connectivity index is 1.51. The van der Waals surface area contributed by atoms with Gasteiger partial charge >= 0.3 is 0 Å². The number of nitrogens with one attached hydrogen (secondary N) is 1. The molecular formula is C20H23N. The fourth-order valence-electron chi connectivity index (χ4n) is 3.69. The summed E-state index contributed by atoms with van der Waals surface area (Å²) in [6, 6.07) is 18.5. The minimum absolute atomic E-state index is 0.530. The zero-order chi connectivity index (χ0) is 14.1. The fraction of sp³-hybridized carbons (Fsp3) is 0.400. The van der Waals surface area contributed by atoms with Crippen molar-refractivity contribution >= 4 is 0 Å². The van der Waals surface area contributed by atoms with Crippen LogP contribution < -0.4 is 5.32 Å². The Hall–Kier alpha value is -1.60. The van der Waals surface area contributed by atoms with Gasteiger partial charge in [0.25, 0.3) is 0 Å². The average molecular weight is 277 g/mol. The summed E-state index contributed by atoms with van der Waals surface area (Å²) >= 11 is 0. The Morgan fingerprint density at radius 1 is 0.857 bits per heavy atom. The zero-order valence-electron chi connectivity index (χ0n) is 12.5. The quantitative estimate of drug-likeness (QED) is 0.851. The highest BCUT2D eigenvalue weighted by Crippen LogP contribution is 2.41. The van der Waals surface area contributed by atoms with Crippen LogP contribution in [0, 0.1) is 0 Å². The predicted octanol–water partition coefficient (Wildman–Crippen LogP) is 4.73. The molecule has 1 saturated carbocycles. The van der Waals surface area contributed by atoms with Crippen LogP contribution in [0.25, 0.3) is 0 Å². The van der Waals surface area contributed by atoms with Gasteiger partial charge in [-0.25, -0.2) is 0 Å². The third-order valence-corrected chi connectivity index (χ3v) is 4.98. The lowest BCUT2D eigenvalue weighted by molar-refractivity contribution is 0.458. The third kappa shape index (κ3) is 2.75. The van der Waals surface area contributed by atoms with Gasteiger partial charge in [-0.2, -0.15) is 0 Å². The van der Waals surface area contributed by atoms with E-state index < -0.39 is 0 Å². The Morgan fingerprint density at radius 3 is 2.48 bits per heavy atom. The molecule has 1 fully saturated rings. The average Bonchev–Trinajstić information content (AvgIpc) is 3.38. The van der Waals surface area contributed by atoms with Crippen LogP contribution in [0.4, 0.5) is 0 Å². The molecule has 1 heteroatoms. The highest BCUT2D eigenvalue weighted by Gasteiger charge is 2.26. The lowest BCUT2D eigenvalue weighted by Gasteiger charge is -2.27. The maximum Gasteiger partial charge on any atom is 0.0326 e. The van der Waals surface area contributed by atoms with E-state index in [1.165, 1.54) is 48.8 Å². The number of aryl methyl sites for hydroxylation is 1. The highest BCUT2D eigenvalue weighted by atomic mass is 14.9. The van der Waals surface area contributed by atoms with Crippen LogP contribution in [0.15, 0.2) is 48.5 Å². The number of benzene rings is 2. The van der Waals surface area contributed by atoms with E-state index in [0.29, 0.717) is 6.04 Å². The first kappa shape index (κ1) is 13.1. The first-order valence-corrected chi connectivity index (χ1v) is 8.31. The normalized spacial score (nSPS) is 21.0. The van der Waals surface area contributed by atoms with Gasteiger partial charge in [0, 0.05) is 12.6 Å². The Bertz CT molecular complexity index is 627. The molecular weight excluding hydrogens is 254 g/mol. The molecule has 108 valence electrons. The number of hydrogen-bond donors (Lipinski definition) is 1. The van der Waals surface area contributed by atoms with Gasteiger partial charge in [-0.1, -0.05) is 48.5 Å². The van der Waals surface area contributed by atoms with Crippen LogP contribution in [0.3, 0.4) is 0 Å². The molecule has 1 N–H and O–H groups in total. The summed E-state index contributed by atoms with van der Waals surface area (Å²) < 4.78 is 0. The topological polar surface area (TPSA) is 12.0 Å². The van der Waals surface area contributed by atoms with Crippen molar-refractivity contribution in [1.29, 1.82) is 0 Å². The Kier molecular flexibility index (Phi) is 3.52. The molecule has 0 spiro atoms. The fourth-order valence-corrected chi connectivity index (χ4v) is 3.69. The lowest BCUT2D eigenvalue weighted by Crippen LogP contribution is -2.25. The van der Waals surface area contributed by atoms with E-state index in [9.17, 15) is 0 Å². The van der Waals surface area contributed by atoms with E-state index in [4.69, 9.17) is 0 Å². The van der Waals surface area contributed by atoms with E-state index >= 15 is 0 Å². The van der Waals surface area contributed by atoms with Gasteiger partial charge in [0.05, 0.1) is 0 Å². The van der Waals surface area contributed by atoms with Crippen LogP contribution >= 0.6 is 0 Å². The maximum absolute atomic E-state index is 3.82. The van der Waals surface area contributed by atoms with Crippen molar-refractivity contribution in [3.8, 4) is 0 Å². The van der Waals surface area contributed by atoms with Gasteiger partial charge in [-0.05, 0) is 60.3 Å². The molecule has 0 amide bonds. The van der Waals surface area contributed by atoms with Gasteiger partial charge in [0.2, 0.25) is 0 Å². The third-order valence-electron chi connectivity index (χ3n) is 4.98. The summed E-state index contributed by atoms with van der Waals surface area (Å²) in [5.41, 5.74) is 6.14. The summed E-state index contributed by atoms with van der Waals surface area (Å²) in [4.78, 5) is 0. The van der Waals surface area contributed by atoms with Crippen LogP contribution in [-0.4, -0.2) is 0 Å². The zero-order valence-corrected chi connectivity index (χ0v) is 12.5. The molecule has 0 bridgehead atoms. The van der Waals surface area contributed by atoms with Gasteiger partial charge in [-0.15, -0.1) is 0 Å². The second-order valence-corrected chi connectivity index (χ2v) is 6.50. The summed E-state index contributed by atoms with van der Waals surface area (Å²) in [5.74, 6) is 0.835. The largest absolute Gasteiger partial charge is 0.306 e. The van der Waals surface area contributed by atoms with Gasteiger partial charge in [0.15, 0.2) is 0 Å². The monoisotopic (exact) mass is 277 g/mol. The maximum atomic E-state index is 3.82. The molecule has 0 radical (unpaired) electrons. The minimum Gasteiger partial charge on any atom is -0.306 e. The number of fused-ring (bicyclic) bond motifs is 1. The highest BCUT2D eigenvalue weighted by molar-refractivity contribution is 5.35. The molecule has 1 nitrogen and oxygen atoms in total. The molecule has 2 aliphatic carbocycles. The number of hydrogen-bond acceptors (Lipinski definition) is 1. The van der Waals surface area contributed by atoms with Crippen molar-refractivity contribution in [3.63, 3.8) is 0 Å². The Labute approximate surface area is 127 Å². The molecule has 2 aromatic rings. The molecule has 1 unspecified atom stereocenters. The second-order valence-electron chi connectivity index (χ2n) is 6.50. The Morgan fingerprint density at radius 2 is 1.62 bits per heavy atom. The van der Waals surface area contributed by atoms with E-state index in [2.05, 4.69) is 53.8 Å². The van der Waals surface area contributed by atoms with E-state index in [1.54, 1.807) is 5.56 Å². The van der Waals surface area contributed by atoms with E-state index in [0.717, 1.165) is 12.5 Å². The summed E-state index contributed by atoms with van der Waals surface area (Å²) in [6.07, 6.45) is 6.57.